The predicted octanol–water partition coefficient (Wildman–Crippen LogP) is -2.25. The van der Waals surface area contributed by atoms with Crippen molar-refractivity contribution in [2.45, 2.75) is 70.4 Å². The summed E-state index contributed by atoms with van der Waals surface area (Å²) in [6, 6.07) is -1.75. The molecule has 0 aromatic rings. The third kappa shape index (κ3) is 30.7. The zero-order valence-corrected chi connectivity index (χ0v) is 30.5. The molecule has 0 saturated carbocycles. The van der Waals surface area contributed by atoms with E-state index in [4.69, 9.17) is 53.5 Å². The van der Waals surface area contributed by atoms with Gasteiger partial charge in [-0.15, -0.1) is 11.6 Å². The molecule has 0 spiro atoms. The summed E-state index contributed by atoms with van der Waals surface area (Å²) in [5.41, 5.74) is 21.3. The summed E-state index contributed by atoms with van der Waals surface area (Å²) in [5.74, 6) is -1.22. The first-order chi connectivity index (χ1) is 24.5. The summed E-state index contributed by atoms with van der Waals surface area (Å²) in [5, 5.41) is 10.7. The fourth-order valence-corrected chi connectivity index (χ4v) is 4.34. The van der Waals surface area contributed by atoms with E-state index in [1.165, 1.54) is 6.92 Å². The maximum absolute atomic E-state index is 13.0. The van der Waals surface area contributed by atoms with Crippen LogP contribution >= 0.6 is 11.6 Å². The zero-order chi connectivity index (χ0) is 38.1. The summed E-state index contributed by atoms with van der Waals surface area (Å²) >= 11 is 5.61. The Morgan fingerprint density at radius 1 is 0.608 bits per heavy atom. The van der Waals surface area contributed by atoms with Gasteiger partial charge in [-0.3, -0.25) is 34.0 Å². The van der Waals surface area contributed by atoms with E-state index < -0.39 is 23.9 Å². The van der Waals surface area contributed by atoms with Crippen molar-refractivity contribution in [2.24, 2.45) is 32.9 Å². The second-order valence-electron chi connectivity index (χ2n) is 11.2. The molecule has 20 heteroatoms. The monoisotopic (exact) mass is 750 g/mol. The number of alkyl halides is 1. The first-order valence-corrected chi connectivity index (χ1v) is 17.6. The molecule has 19 nitrogen and oxygen atoms in total. The maximum Gasteiger partial charge on any atom is 0.246 e. The van der Waals surface area contributed by atoms with E-state index in [2.05, 4.69) is 31.3 Å². The Morgan fingerprint density at radius 2 is 1.12 bits per heavy atom. The second-order valence-corrected chi connectivity index (χ2v) is 11.6. The molecule has 0 aliphatic heterocycles. The van der Waals surface area contributed by atoms with Gasteiger partial charge in [0.2, 0.25) is 23.6 Å². The van der Waals surface area contributed by atoms with Gasteiger partial charge in [0, 0.05) is 38.5 Å². The van der Waals surface area contributed by atoms with Gasteiger partial charge in [-0.05, 0) is 45.4 Å². The second kappa shape index (κ2) is 32.1. The largest absolute Gasteiger partial charge is 0.377 e. The molecule has 0 bridgehead atoms. The summed E-state index contributed by atoms with van der Waals surface area (Å²) in [4.78, 5) is 69.0. The van der Waals surface area contributed by atoms with Crippen molar-refractivity contribution >= 4 is 52.9 Å². The number of Topliss-reactive ketones (excluding diaryl/α,β-unsaturated/α-hetero) is 1. The maximum atomic E-state index is 13.0. The third-order valence-corrected chi connectivity index (χ3v) is 7.00. The van der Waals surface area contributed by atoms with Gasteiger partial charge in [-0.2, -0.15) is 0 Å². The van der Waals surface area contributed by atoms with Crippen LogP contribution in [0, 0.1) is 0 Å². The van der Waals surface area contributed by atoms with Crippen molar-refractivity contribution in [3.05, 3.63) is 0 Å². The number of nitrogens with zero attached hydrogens (tertiary/aromatic N) is 2. The number of halogens is 1. The highest BCUT2D eigenvalue weighted by atomic mass is 35.5. The van der Waals surface area contributed by atoms with E-state index in [0.717, 1.165) is 19.3 Å². The van der Waals surface area contributed by atoms with Gasteiger partial charge in [-0.1, -0.05) is 6.42 Å². The quantitative estimate of drug-likeness (QED) is 0.0152. The van der Waals surface area contributed by atoms with Crippen LogP contribution in [0.1, 0.15) is 58.3 Å². The summed E-state index contributed by atoms with van der Waals surface area (Å²) in [6.45, 7) is 3.40. The molecule has 0 aromatic heterocycles. The molecule has 0 saturated heterocycles. The van der Waals surface area contributed by atoms with Gasteiger partial charge in [0.25, 0.3) is 0 Å². The van der Waals surface area contributed by atoms with Crippen LogP contribution in [0.5, 0.6) is 0 Å². The SMILES string of the molecule is CC(=O)[C@H](CCCN=C(N)N)NC(=O)[C@H](CCCN=C(N)N)NC(=O)COCCOCCNC(=O)COCCOCCNC(=O)CCCCCCl. The minimum Gasteiger partial charge on any atom is -0.377 e. The zero-order valence-electron chi connectivity index (χ0n) is 29.8. The number of aliphatic imine (C=N–C) groups is 2. The highest BCUT2D eigenvalue weighted by Gasteiger charge is 2.25. The van der Waals surface area contributed by atoms with E-state index in [-0.39, 0.29) is 95.3 Å². The van der Waals surface area contributed by atoms with Crippen molar-refractivity contribution < 1.29 is 42.9 Å². The van der Waals surface area contributed by atoms with Gasteiger partial charge < -0.3 is 63.1 Å². The van der Waals surface area contributed by atoms with Gasteiger partial charge in [0.15, 0.2) is 17.7 Å². The predicted molar refractivity (Wildman–Crippen MR) is 193 cm³/mol. The van der Waals surface area contributed by atoms with Crippen LogP contribution in [0.15, 0.2) is 9.98 Å². The molecule has 0 aliphatic rings. The summed E-state index contributed by atoms with van der Waals surface area (Å²) in [6.07, 6.45) is 4.47. The number of carbonyl (C=O) groups excluding carboxylic acids is 5. The summed E-state index contributed by atoms with van der Waals surface area (Å²) in [7, 11) is 0. The smallest absolute Gasteiger partial charge is 0.246 e. The number of unbranched alkanes of at least 4 members (excludes halogenated alkanes) is 2. The van der Waals surface area contributed by atoms with Crippen molar-refractivity contribution in [1.82, 2.24) is 21.3 Å². The van der Waals surface area contributed by atoms with Crippen LogP contribution in [0.4, 0.5) is 0 Å². The Labute approximate surface area is 305 Å². The number of carbonyl (C=O) groups is 5. The van der Waals surface area contributed by atoms with Crippen LogP contribution in [-0.2, 0) is 42.9 Å². The molecule has 0 heterocycles. The van der Waals surface area contributed by atoms with Crippen LogP contribution in [0.2, 0.25) is 0 Å². The molecule has 4 amide bonds. The number of ether oxygens (including phenoxy) is 4. The number of hydrogen-bond donors (Lipinski definition) is 8. The van der Waals surface area contributed by atoms with E-state index in [1.54, 1.807) is 0 Å². The number of nitrogens with one attached hydrogen (secondary N) is 4. The van der Waals surface area contributed by atoms with Crippen LogP contribution in [-0.4, -0.2) is 138 Å². The molecular weight excluding hydrogens is 692 g/mol. The van der Waals surface area contributed by atoms with Gasteiger partial charge >= 0.3 is 0 Å². The van der Waals surface area contributed by atoms with Crippen LogP contribution in [0.25, 0.3) is 0 Å². The number of guanidine groups is 2. The Balaban J connectivity index is 4.19. The highest BCUT2D eigenvalue weighted by molar-refractivity contribution is 6.17. The van der Waals surface area contributed by atoms with Crippen molar-refractivity contribution in [3.63, 3.8) is 0 Å². The standard InChI is InChI=1S/C31H59ClN10O9/c1-23(43)24(7-5-11-39-30(33)34)42-29(47)25(8-6-12-40-31(35)36)41-28(46)22-51-20-18-49-16-14-38-27(45)21-50-19-17-48-15-13-37-26(44)9-3-2-4-10-32/h24-25H,2-22H2,1H3,(H,37,44)(H,38,45)(H,41,46)(H,42,47)(H4,33,34,39)(H4,35,36,40)/t24-,25-/m0/s1. The number of rotatable bonds is 33. The topological polar surface area (TPSA) is 299 Å². The average molecular weight is 751 g/mol. The molecule has 12 N–H and O–H groups in total. The van der Waals surface area contributed by atoms with E-state index in [1.807, 2.05) is 0 Å². The minimum absolute atomic E-state index is 0.0164. The first-order valence-electron chi connectivity index (χ1n) is 17.1. The lowest BCUT2D eigenvalue weighted by Gasteiger charge is -2.22. The van der Waals surface area contributed by atoms with Gasteiger partial charge in [0.05, 0.1) is 45.7 Å². The number of hydrogen-bond acceptors (Lipinski definition) is 11. The van der Waals surface area contributed by atoms with Crippen LogP contribution in [0.3, 0.4) is 0 Å². The number of nitrogens with two attached hydrogens (primary N) is 4. The molecule has 294 valence electrons. The lowest BCUT2D eigenvalue weighted by Crippen LogP contribution is -2.52. The van der Waals surface area contributed by atoms with E-state index in [9.17, 15) is 24.0 Å². The molecule has 51 heavy (non-hydrogen) atoms. The van der Waals surface area contributed by atoms with E-state index >= 15 is 0 Å². The fraction of sp³-hybridized carbons (Fsp3) is 0.774. The Kier molecular flexibility index (Phi) is 29.8. The molecule has 0 rings (SSSR count). The molecular formula is C31H59ClN10O9. The van der Waals surface area contributed by atoms with Crippen molar-refractivity contribution in [1.29, 1.82) is 0 Å². The highest BCUT2D eigenvalue weighted by Crippen LogP contribution is 2.04. The average Bonchev–Trinajstić information content (AvgIpc) is 3.07. The first kappa shape index (κ1) is 47.2. The molecule has 0 unspecified atom stereocenters. The summed E-state index contributed by atoms with van der Waals surface area (Å²) < 4.78 is 21.4. The Hall–Kier alpha value is -3.78. The Morgan fingerprint density at radius 3 is 1.65 bits per heavy atom. The van der Waals surface area contributed by atoms with Gasteiger partial charge in [0.1, 0.15) is 19.3 Å². The molecule has 0 fully saturated rings. The normalized spacial score (nSPS) is 11.9. The Bertz CT molecular complexity index is 1060. The molecule has 0 radical (unpaired) electrons. The lowest BCUT2D eigenvalue weighted by molar-refractivity contribution is -0.133. The minimum atomic E-state index is -0.966. The lowest BCUT2D eigenvalue weighted by atomic mass is 10.1. The molecule has 2 atom stereocenters. The van der Waals surface area contributed by atoms with Crippen molar-refractivity contribution in [2.75, 3.05) is 84.9 Å². The molecule has 0 aliphatic carbocycles. The van der Waals surface area contributed by atoms with Crippen LogP contribution < -0.4 is 44.2 Å². The fourth-order valence-electron chi connectivity index (χ4n) is 4.15. The molecule has 0 aromatic carbocycles. The van der Waals surface area contributed by atoms with Crippen molar-refractivity contribution in [3.8, 4) is 0 Å². The number of amides is 4. The third-order valence-electron chi connectivity index (χ3n) is 6.73. The number of ketones is 1. The van der Waals surface area contributed by atoms with E-state index in [0.29, 0.717) is 51.3 Å². The van der Waals surface area contributed by atoms with Gasteiger partial charge in [-0.25, -0.2) is 0 Å².